The molecule has 1 atom stereocenters. The predicted octanol–water partition coefficient (Wildman–Crippen LogP) is 0.0454. The van der Waals surface area contributed by atoms with Gasteiger partial charge in [0, 0.05) is 6.04 Å². The van der Waals surface area contributed by atoms with E-state index in [4.69, 9.17) is 14.8 Å². The van der Waals surface area contributed by atoms with Crippen molar-refractivity contribution in [1.29, 1.82) is 0 Å². The Morgan fingerprint density at radius 3 is 2.26 bits per heavy atom. The zero-order valence-corrected chi connectivity index (χ0v) is 11.1. The summed E-state index contributed by atoms with van der Waals surface area (Å²) in [6.45, 7) is 0. The van der Waals surface area contributed by atoms with Crippen LogP contribution in [-0.4, -0.2) is 32.0 Å². The molecule has 0 amide bonds. The molecule has 0 saturated heterocycles. The lowest BCUT2D eigenvalue weighted by Gasteiger charge is -2.21. The Hall–Kier alpha value is -1.26. The van der Waals surface area contributed by atoms with Crippen molar-refractivity contribution in [2.45, 2.75) is 17.4 Å². The van der Waals surface area contributed by atoms with E-state index >= 15 is 0 Å². The molecule has 0 heterocycles. The first-order chi connectivity index (χ1) is 8.60. The van der Waals surface area contributed by atoms with Crippen LogP contribution in [0.25, 0.3) is 4.91 Å². The van der Waals surface area contributed by atoms with Crippen LogP contribution in [0.15, 0.2) is 29.2 Å². The molecule has 104 valence electrons. The van der Waals surface area contributed by atoms with Crippen molar-refractivity contribution in [2.75, 3.05) is 0 Å². The van der Waals surface area contributed by atoms with E-state index < -0.39 is 36.1 Å². The van der Waals surface area contributed by atoms with Crippen molar-refractivity contribution < 1.29 is 25.9 Å². The summed E-state index contributed by atoms with van der Waals surface area (Å²) < 4.78 is 63.3. The quantitative estimate of drug-likeness (QED) is 0.657. The summed E-state index contributed by atoms with van der Waals surface area (Å²) in [5.74, 6) is 0. The van der Waals surface area contributed by atoms with Crippen LogP contribution < -0.4 is 5.73 Å². The van der Waals surface area contributed by atoms with Crippen molar-refractivity contribution in [3.05, 3.63) is 35.4 Å². The monoisotopic (exact) mass is 305 g/mol. The van der Waals surface area contributed by atoms with Gasteiger partial charge in [0.1, 0.15) is 0 Å². The highest BCUT2D eigenvalue weighted by Crippen LogP contribution is 2.33. The molecule has 2 rings (SSSR count). The van der Waals surface area contributed by atoms with Gasteiger partial charge < -0.3 is 5.73 Å². The number of rotatable bonds is 2. The summed E-state index contributed by atoms with van der Waals surface area (Å²) >= 11 is 0. The Balaban J connectivity index is 2.80. The largest absolute Gasteiger partial charge is 0.324 e. The number of fused-ring (bicyclic) bond motifs is 1. The zero-order valence-electron chi connectivity index (χ0n) is 9.52. The van der Waals surface area contributed by atoms with Crippen LogP contribution in [0.4, 0.5) is 0 Å². The summed E-state index contributed by atoms with van der Waals surface area (Å²) in [6, 6.07) is 2.99. The molecule has 0 saturated carbocycles. The maximum absolute atomic E-state index is 11.3. The number of nitrogens with two attached hydrogens (primary N) is 1. The van der Waals surface area contributed by atoms with Crippen molar-refractivity contribution in [2.24, 2.45) is 5.73 Å². The van der Waals surface area contributed by atoms with Crippen LogP contribution in [-0.2, 0) is 26.7 Å². The van der Waals surface area contributed by atoms with Crippen molar-refractivity contribution in [3.63, 3.8) is 0 Å². The van der Waals surface area contributed by atoms with Crippen LogP contribution in [0.5, 0.6) is 0 Å². The van der Waals surface area contributed by atoms with Gasteiger partial charge in [-0.1, -0.05) is 12.1 Å². The van der Waals surface area contributed by atoms with E-state index in [1.165, 1.54) is 12.1 Å². The molecule has 0 fully saturated rings. The third-order valence-electron chi connectivity index (χ3n) is 2.76. The average Bonchev–Trinajstić information content (AvgIpc) is 2.24. The van der Waals surface area contributed by atoms with E-state index in [0.717, 1.165) is 12.1 Å². The Morgan fingerprint density at radius 1 is 1.11 bits per heavy atom. The first-order valence-electron chi connectivity index (χ1n) is 5.15. The van der Waals surface area contributed by atoms with Crippen molar-refractivity contribution in [1.82, 2.24) is 0 Å². The third-order valence-corrected chi connectivity index (χ3v) is 4.61. The minimum Gasteiger partial charge on any atom is -0.324 e. The van der Waals surface area contributed by atoms with Gasteiger partial charge in [0.05, 0.1) is 9.80 Å². The molecule has 1 unspecified atom stereocenters. The molecule has 1 aromatic carbocycles. The molecule has 0 aliphatic heterocycles. The molecule has 4 N–H and O–H groups in total. The van der Waals surface area contributed by atoms with Gasteiger partial charge in [0.2, 0.25) is 0 Å². The topological polar surface area (TPSA) is 135 Å². The lowest BCUT2D eigenvalue weighted by molar-refractivity contribution is 0.480. The smallest absolute Gasteiger partial charge is 0.294 e. The third kappa shape index (κ3) is 2.69. The molecule has 7 nitrogen and oxygen atoms in total. The fourth-order valence-corrected chi connectivity index (χ4v) is 3.62. The van der Waals surface area contributed by atoms with Crippen LogP contribution in [0, 0.1) is 0 Å². The van der Waals surface area contributed by atoms with Gasteiger partial charge in [-0.2, -0.15) is 16.8 Å². The SMILES string of the molecule is NC1C=C(S(=O)(=O)O)c2cccc(S(=O)(=O)O)c2C1. The van der Waals surface area contributed by atoms with Crippen LogP contribution >= 0.6 is 0 Å². The normalized spacial score (nSPS) is 19.7. The molecule has 1 aliphatic rings. The summed E-state index contributed by atoms with van der Waals surface area (Å²) in [6.07, 6.45) is 1.19. The highest BCUT2D eigenvalue weighted by molar-refractivity contribution is 7.95. The van der Waals surface area contributed by atoms with Gasteiger partial charge >= 0.3 is 0 Å². The molecule has 9 heteroatoms. The zero-order chi connectivity index (χ0) is 14.4. The lowest BCUT2D eigenvalue weighted by atomic mass is 9.94. The highest BCUT2D eigenvalue weighted by Gasteiger charge is 2.29. The minimum atomic E-state index is -4.53. The van der Waals surface area contributed by atoms with Crippen molar-refractivity contribution in [3.8, 4) is 0 Å². The highest BCUT2D eigenvalue weighted by atomic mass is 32.2. The standard InChI is InChI=1S/C10H11NO6S2/c11-6-4-8-7(10(5-6)19(15,16)17)2-1-3-9(8)18(12,13)14/h1-3,5-6H,4,11H2,(H,12,13,14)(H,15,16,17). The number of hydrogen-bond acceptors (Lipinski definition) is 5. The Kier molecular flexibility index (Phi) is 3.27. The molecule has 1 aliphatic carbocycles. The second kappa shape index (κ2) is 4.39. The van der Waals surface area contributed by atoms with E-state index in [0.29, 0.717) is 0 Å². The fraction of sp³-hybridized carbons (Fsp3) is 0.200. The van der Waals surface area contributed by atoms with Crippen LogP contribution in [0.3, 0.4) is 0 Å². The minimum absolute atomic E-state index is 0.0272. The molecular formula is C10H11NO6S2. The molecule has 0 spiro atoms. The summed E-state index contributed by atoms with van der Waals surface area (Å²) in [4.78, 5) is -0.860. The molecule has 0 aromatic heterocycles. The molecular weight excluding hydrogens is 294 g/mol. The molecule has 0 bridgehead atoms. The van der Waals surface area contributed by atoms with Crippen LogP contribution in [0.2, 0.25) is 0 Å². The predicted molar refractivity (Wildman–Crippen MR) is 67.5 cm³/mol. The summed E-state index contributed by atoms with van der Waals surface area (Å²) in [5.41, 5.74) is 5.72. The Labute approximate surface area is 110 Å². The summed E-state index contributed by atoms with van der Waals surface area (Å²) in [7, 11) is -9.03. The molecule has 19 heavy (non-hydrogen) atoms. The van der Waals surface area contributed by atoms with E-state index in [-0.39, 0.29) is 17.5 Å². The fourth-order valence-electron chi connectivity index (χ4n) is 2.05. The summed E-state index contributed by atoms with van der Waals surface area (Å²) in [5, 5.41) is 0. The Bertz CT molecular complexity index is 763. The number of hydrogen-bond donors (Lipinski definition) is 3. The van der Waals surface area contributed by atoms with Gasteiger partial charge in [-0.25, -0.2) is 0 Å². The van der Waals surface area contributed by atoms with E-state index in [1.807, 2.05) is 0 Å². The second-order valence-electron chi connectivity index (χ2n) is 4.13. The van der Waals surface area contributed by atoms with Gasteiger partial charge in [-0.05, 0) is 29.7 Å². The van der Waals surface area contributed by atoms with Gasteiger partial charge in [-0.15, -0.1) is 0 Å². The van der Waals surface area contributed by atoms with Crippen molar-refractivity contribution >= 4 is 25.1 Å². The van der Waals surface area contributed by atoms with Crippen LogP contribution in [0.1, 0.15) is 11.1 Å². The van der Waals surface area contributed by atoms with Gasteiger partial charge in [0.25, 0.3) is 20.2 Å². The van der Waals surface area contributed by atoms with E-state index in [1.54, 1.807) is 0 Å². The maximum atomic E-state index is 11.3. The lowest BCUT2D eigenvalue weighted by Crippen LogP contribution is -2.27. The Morgan fingerprint density at radius 2 is 1.74 bits per heavy atom. The van der Waals surface area contributed by atoms with Gasteiger partial charge in [-0.3, -0.25) is 9.11 Å². The second-order valence-corrected chi connectivity index (χ2v) is 6.91. The number of benzene rings is 1. The first kappa shape index (κ1) is 14.2. The van der Waals surface area contributed by atoms with E-state index in [2.05, 4.69) is 0 Å². The van der Waals surface area contributed by atoms with Gasteiger partial charge in [0.15, 0.2) is 0 Å². The maximum Gasteiger partial charge on any atom is 0.294 e. The molecule has 0 radical (unpaired) electrons. The van der Waals surface area contributed by atoms with E-state index in [9.17, 15) is 16.8 Å². The molecule has 1 aromatic rings. The average molecular weight is 305 g/mol. The first-order valence-corrected chi connectivity index (χ1v) is 8.03.